The van der Waals surface area contributed by atoms with E-state index in [4.69, 9.17) is 0 Å². The van der Waals surface area contributed by atoms with Crippen LogP contribution in [0, 0.1) is 0 Å². The minimum atomic E-state index is 1.15. The molecule has 0 spiro atoms. The first-order chi connectivity index (χ1) is 6.88. The Labute approximate surface area is 86.7 Å². The van der Waals surface area contributed by atoms with E-state index in [-0.39, 0.29) is 0 Å². The van der Waals surface area contributed by atoms with Crippen LogP contribution in [-0.4, -0.2) is 0 Å². The van der Waals surface area contributed by atoms with Crippen LogP contribution in [0.3, 0.4) is 0 Å². The van der Waals surface area contributed by atoms with Crippen LogP contribution >= 0.6 is 0 Å². The standard InChI is InChI=1S/C14H18/c1-12-8-7-11-14(12)13-9-5-3-2-4-6-10-13/h2-3,7-8,10H,4-6,9,11H2,1H3/b3-2-,13-10+. The van der Waals surface area contributed by atoms with Gasteiger partial charge >= 0.3 is 0 Å². The molecule has 0 unspecified atom stereocenters. The van der Waals surface area contributed by atoms with Crippen molar-refractivity contribution in [3.63, 3.8) is 0 Å². The fourth-order valence-electron chi connectivity index (χ4n) is 2.20. The van der Waals surface area contributed by atoms with E-state index in [1.807, 2.05) is 0 Å². The predicted molar refractivity (Wildman–Crippen MR) is 62.1 cm³/mol. The topological polar surface area (TPSA) is 0 Å². The van der Waals surface area contributed by atoms with Crippen molar-refractivity contribution < 1.29 is 0 Å². The minimum Gasteiger partial charge on any atom is -0.0882 e. The van der Waals surface area contributed by atoms with Crippen LogP contribution in [-0.2, 0) is 0 Å². The van der Waals surface area contributed by atoms with Crippen LogP contribution in [0.25, 0.3) is 0 Å². The minimum absolute atomic E-state index is 1.15. The van der Waals surface area contributed by atoms with Gasteiger partial charge in [-0.1, -0.05) is 30.4 Å². The summed E-state index contributed by atoms with van der Waals surface area (Å²) in [7, 11) is 0. The summed E-state index contributed by atoms with van der Waals surface area (Å²) in [5.41, 5.74) is 4.65. The molecule has 0 heteroatoms. The second kappa shape index (κ2) is 4.45. The average molecular weight is 186 g/mol. The van der Waals surface area contributed by atoms with Crippen LogP contribution in [0.4, 0.5) is 0 Å². The van der Waals surface area contributed by atoms with Gasteiger partial charge in [0.15, 0.2) is 0 Å². The van der Waals surface area contributed by atoms with Crippen molar-refractivity contribution in [1.29, 1.82) is 0 Å². The molecule has 2 aliphatic rings. The van der Waals surface area contributed by atoms with Crippen LogP contribution < -0.4 is 0 Å². The first-order valence-electron chi connectivity index (χ1n) is 5.58. The van der Waals surface area contributed by atoms with Crippen molar-refractivity contribution in [3.8, 4) is 0 Å². The van der Waals surface area contributed by atoms with E-state index in [1.165, 1.54) is 31.3 Å². The zero-order valence-electron chi connectivity index (χ0n) is 8.92. The molecule has 0 atom stereocenters. The average Bonchev–Trinajstić information content (AvgIpc) is 2.51. The summed E-state index contributed by atoms with van der Waals surface area (Å²) >= 11 is 0. The molecule has 0 N–H and O–H groups in total. The van der Waals surface area contributed by atoms with Crippen molar-refractivity contribution in [2.45, 2.75) is 39.0 Å². The molecule has 0 saturated heterocycles. The predicted octanol–water partition coefficient (Wildman–Crippen LogP) is 4.32. The molecule has 74 valence electrons. The Hall–Kier alpha value is -1.04. The molecular formula is C14H18. The summed E-state index contributed by atoms with van der Waals surface area (Å²) < 4.78 is 0. The highest BCUT2D eigenvalue weighted by Crippen LogP contribution is 2.29. The van der Waals surface area contributed by atoms with E-state index in [0.29, 0.717) is 0 Å². The molecule has 14 heavy (non-hydrogen) atoms. The molecule has 0 radical (unpaired) electrons. The van der Waals surface area contributed by atoms with Crippen LogP contribution in [0.15, 0.2) is 47.1 Å². The SMILES string of the molecule is CC1=C(/C2=C/CC/C=C\CC2)CC=C1. The zero-order valence-corrected chi connectivity index (χ0v) is 8.92. The fourth-order valence-corrected chi connectivity index (χ4v) is 2.20. The first kappa shape index (κ1) is 9.51. The Morgan fingerprint density at radius 3 is 2.64 bits per heavy atom. The summed E-state index contributed by atoms with van der Waals surface area (Å²) in [6, 6.07) is 0. The molecule has 0 aliphatic heterocycles. The summed E-state index contributed by atoms with van der Waals surface area (Å²) in [6.07, 6.45) is 17.6. The van der Waals surface area contributed by atoms with E-state index in [1.54, 1.807) is 11.1 Å². The van der Waals surface area contributed by atoms with Crippen LogP contribution in [0.2, 0.25) is 0 Å². The van der Waals surface area contributed by atoms with E-state index < -0.39 is 0 Å². The largest absolute Gasteiger partial charge is 0.0882 e. The lowest BCUT2D eigenvalue weighted by Gasteiger charge is -2.11. The number of hydrogen-bond acceptors (Lipinski definition) is 0. The van der Waals surface area contributed by atoms with Gasteiger partial charge < -0.3 is 0 Å². The fraction of sp³-hybridized carbons (Fsp3) is 0.429. The number of hydrogen-bond donors (Lipinski definition) is 0. The van der Waals surface area contributed by atoms with Gasteiger partial charge in [0.05, 0.1) is 0 Å². The molecule has 0 aromatic heterocycles. The summed E-state index contributed by atoms with van der Waals surface area (Å²) in [5, 5.41) is 0. The van der Waals surface area contributed by atoms with Gasteiger partial charge in [0.2, 0.25) is 0 Å². The molecule has 0 nitrogen and oxygen atoms in total. The Morgan fingerprint density at radius 2 is 1.86 bits per heavy atom. The number of allylic oxidation sites excluding steroid dienone is 8. The van der Waals surface area contributed by atoms with E-state index in [0.717, 1.165) is 6.42 Å². The molecule has 0 saturated carbocycles. The first-order valence-corrected chi connectivity index (χ1v) is 5.58. The maximum absolute atomic E-state index is 2.44. The molecule has 2 rings (SSSR count). The lowest BCUT2D eigenvalue weighted by molar-refractivity contribution is 0.907. The molecule has 2 aliphatic carbocycles. The highest BCUT2D eigenvalue weighted by atomic mass is 14.2. The third-order valence-electron chi connectivity index (χ3n) is 3.02. The monoisotopic (exact) mass is 186 g/mol. The Morgan fingerprint density at radius 1 is 1.00 bits per heavy atom. The Balaban J connectivity index is 2.13. The zero-order chi connectivity index (χ0) is 9.80. The Kier molecular flexibility index (Phi) is 3.03. The summed E-state index contributed by atoms with van der Waals surface area (Å²) in [4.78, 5) is 0. The smallest absolute Gasteiger partial charge is 0.00890 e. The normalized spacial score (nSPS) is 28.2. The molecule has 0 fully saturated rings. The van der Waals surface area contributed by atoms with Gasteiger partial charge in [0, 0.05) is 0 Å². The molecule has 0 aromatic rings. The molecule has 0 aromatic carbocycles. The maximum atomic E-state index is 2.44. The lowest BCUT2D eigenvalue weighted by atomic mass is 9.95. The highest BCUT2D eigenvalue weighted by molar-refractivity contribution is 5.45. The molecular weight excluding hydrogens is 168 g/mol. The molecule has 0 heterocycles. The van der Waals surface area contributed by atoms with Crippen molar-refractivity contribution >= 4 is 0 Å². The van der Waals surface area contributed by atoms with Gasteiger partial charge in [-0.25, -0.2) is 0 Å². The maximum Gasteiger partial charge on any atom is -0.00890 e. The second-order valence-corrected chi connectivity index (χ2v) is 4.08. The summed E-state index contributed by atoms with van der Waals surface area (Å²) in [6.45, 7) is 2.23. The van der Waals surface area contributed by atoms with E-state index >= 15 is 0 Å². The quantitative estimate of drug-likeness (QED) is 0.535. The van der Waals surface area contributed by atoms with Crippen molar-refractivity contribution in [2.75, 3.05) is 0 Å². The van der Waals surface area contributed by atoms with Gasteiger partial charge in [-0.3, -0.25) is 0 Å². The van der Waals surface area contributed by atoms with Gasteiger partial charge in [-0.05, 0) is 55.7 Å². The lowest BCUT2D eigenvalue weighted by Crippen LogP contribution is -1.91. The molecule has 0 amide bonds. The van der Waals surface area contributed by atoms with Crippen LogP contribution in [0.1, 0.15) is 39.0 Å². The third kappa shape index (κ3) is 2.06. The van der Waals surface area contributed by atoms with Crippen molar-refractivity contribution in [3.05, 3.63) is 47.1 Å². The van der Waals surface area contributed by atoms with Crippen molar-refractivity contribution in [1.82, 2.24) is 0 Å². The van der Waals surface area contributed by atoms with Gasteiger partial charge in [-0.15, -0.1) is 0 Å². The van der Waals surface area contributed by atoms with E-state index in [2.05, 4.69) is 37.3 Å². The summed E-state index contributed by atoms with van der Waals surface area (Å²) in [5.74, 6) is 0. The highest BCUT2D eigenvalue weighted by Gasteiger charge is 2.10. The second-order valence-electron chi connectivity index (χ2n) is 4.08. The van der Waals surface area contributed by atoms with Gasteiger partial charge in [0.1, 0.15) is 0 Å². The number of rotatable bonds is 1. The van der Waals surface area contributed by atoms with Gasteiger partial charge in [0.25, 0.3) is 0 Å². The van der Waals surface area contributed by atoms with Crippen molar-refractivity contribution in [2.24, 2.45) is 0 Å². The Bertz CT molecular complexity index is 324. The van der Waals surface area contributed by atoms with Gasteiger partial charge in [-0.2, -0.15) is 0 Å². The van der Waals surface area contributed by atoms with Crippen LogP contribution in [0.5, 0.6) is 0 Å². The molecule has 0 bridgehead atoms. The van der Waals surface area contributed by atoms with E-state index in [9.17, 15) is 0 Å². The third-order valence-corrected chi connectivity index (χ3v) is 3.02.